The smallest absolute Gasteiger partial charge is 0.267 e. The highest BCUT2D eigenvalue weighted by molar-refractivity contribution is 6.18. The molecule has 0 fully saturated rings. The Labute approximate surface area is 121 Å². The zero-order valence-electron chi connectivity index (χ0n) is 11.5. The fourth-order valence-electron chi connectivity index (χ4n) is 2.10. The molecule has 3 rings (SSSR count). The van der Waals surface area contributed by atoms with Gasteiger partial charge in [-0.25, -0.2) is 4.68 Å². The molecule has 2 N–H and O–H groups in total. The molecule has 0 bridgehead atoms. The molecule has 5 nitrogen and oxygen atoms in total. The molecule has 0 radical (unpaired) electrons. The van der Waals surface area contributed by atoms with Crippen LogP contribution >= 0.6 is 0 Å². The van der Waals surface area contributed by atoms with Crippen LogP contribution in [0.2, 0.25) is 0 Å². The molecule has 0 aliphatic rings. The zero-order valence-corrected chi connectivity index (χ0v) is 11.5. The monoisotopic (exact) mass is 278 g/mol. The van der Waals surface area contributed by atoms with Crippen molar-refractivity contribution in [3.05, 3.63) is 59.7 Å². The van der Waals surface area contributed by atoms with E-state index in [4.69, 9.17) is 5.73 Å². The summed E-state index contributed by atoms with van der Waals surface area (Å²) in [4.78, 5) is 11.8. The quantitative estimate of drug-likeness (QED) is 0.746. The number of hydrogen-bond donors (Lipinski definition) is 1. The Hall–Kier alpha value is -2.95. The van der Waals surface area contributed by atoms with Gasteiger partial charge in [-0.1, -0.05) is 47.2 Å². The lowest BCUT2D eigenvalue weighted by Crippen LogP contribution is -2.18. The van der Waals surface area contributed by atoms with Crippen LogP contribution in [0, 0.1) is 6.92 Å². The third-order valence-electron chi connectivity index (χ3n) is 3.21. The Bertz CT molecular complexity index is 831. The van der Waals surface area contributed by atoms with Gasteiger partial charge in [0.2, 0.25) is 0 Å². The van der Waals surface area contributed by atoms with E-state index in [1.54, 1.807) is 6.08 Å². The number of nitrogens with zero attached hydrogens (tertiary/aromatic N) is 3. The molecule has 21 heavy (non-hydrogen) atoms. The maximum atomic E-state index is 11.8. The minimum Gasteiger partial charge on any atom is -0.364 e. The highest BCUT2D eigenvalue weighted by atomic mass is 16.1. The molecular formula is C16H14N4O. The summed E-state index contributed by atoms with van der Waals surface area (Å²) in [7, 11) is 0. The summed E-state index contributed by atoms with van der Waals surface area (Å²) in [5.41, 5.74) is 9.28. The van der Waals surface area contributed by atoms with E-state index >= 15 is 0 Å². The maximum Gasteiger partial charge on any atom is 0.267 e. The number of aromatic nitrogens is 3. The summed E-state index contributed by atoms with van der Waals surface area (Å²) in [6.07, 6.45) is 1.71. The molecule has 0 spiro atoms. The molecule has 104 valence electrons. The summed E-state index contributed by atoms with van der Waals surface area (Å²) in [6, 6.07) is 15.2. The van der Waals surface area contributed by atoms with Gasteiger partial charge in [-0.05, 0) is 30.7 Å². The van der Waals surface area contributed by atoms with Crippen molar-refractivity contribution >= 4 is 28.7 Å². The molecule has 5 heteroatoms. The van der Waals surface area contributed by atoms with Crippen LogP contribution in [0.5, 0.6) is 0 Å². The first-order valence-corrected chi connectivity index (χ1v) is 6.54. The predicted octanol–water partition coefficient (Wildman–Crippen LogP) is 2.22. The van der Waals surface area contributed by atoms with Gasteiger partial charge in [0.15, 0.2) is 0 Å². The molecule has 1 aromatic heterocycles. The van der Waals surface area contributed by atoms with E-state index in [9.17, 15) is 4.79 Å². The number of aryl methyl sites for hydroxylation is 1. The first kappa shape index (κ1) is 13.1. The Morgan fingerprint density at radius 2 is 1.86 bits per heavy atom. The molecule has 3 aromatic rings. The van der Waals surface area contributed by atoms with E-state index in [1.807, 2.05) is 55.5 Å². The lowest BCUT2D eigenvalue weighted by Gasteiger charge is -2.04. The van der Waals surface area contributed by atoms with Crippen molar-refractivity contribution < 1.29 is 4.79 Å². The summed E-state index contributed by atoms with van der Waals surface area (Å²) >= 11 is 0. The summed E-state index contributed by atoms with van der Waals surface area (Å²) in [5.74, 6) is -0.550. The van der Waals surface area contributed by atoms with Gasteiger partial charge < -0.3 is 5.73 Å². The number of benzene rings is 2. The zero-order chi connectivity index (χ0) is 14.8. The summed E-state index contributed by atoms with van der Waals surface area (Å²) in [5, 5.41) is 8.07. The van der Waals surface area contributed by atoms with Crippen molar-refractivity contribution in [1.29, 1.82) is 0 Å². The fraction of sp³-hybridized carbons (Fsp3) is 0.0625. The van der Waals surface area contributed by atoms with Gasteiger partial charge in [0.25, 0.3) is 5.91 Å². The van der Waals surface area contributed by atoms with Crippen LogP contribution in [0.1, 0.15) is 11.1 Å². The molecule has 0 unspecified atom stereocenters. The molecule has 0 aliphatic heterocycles. The first-order chi connectivity index (χ1) is 10.1. The van der Waals surface area contributed by atoms with Crippen molar-refractivity contribution in [2.75, 3.05) is 0 Å². The van der Waals surface area contributed by atoms with Crippen LogP contribution in [0.25, 0.3) is 22.8 Å². The molecule has 0 aliphatic carbocycles. The van der Waals surface area contributed by atoms with E-state index in [-0.39, 0.29) is 5.70 Å². The van der Waals surface area contributed by atoms with Gasteiger partial charge in [-0.3, -0.25) is 4.79 Å². The number of para-hydroxylation sites is 1. The van der Waals surface area contributed by atoms with Crippen LogP contribution in [-0.2, 0) is 4.79 Å². The number of nitrogens with two attached hydrogens (primary N) is 1. The van der Waals surface area contributed by atoms with Crippen LogP contribution in [0.3, 0.4) is 0 Å². The minimum absolute atomic E-state index is 0.285. The summed E-state index contributed by atoms with van der Waals surface area (Å²) in [6.45, 7) is 2.01. The maximum absolute atomic E-state index is 11.8. The SMILES string of the molecule is Cc1ccc(/C=C(\C(N)=O)n2nnc3ccccc32)cc1. The first-order valence-electron chi connectivity index (χ1n) is 6.54. The number of amides is 1. The number of rotatable bonds is 3. The van der Waals surface area contributed by atoms with Gasteiger partial charge in [0, 0.05) is 0 Å². The van der Waals surface area contributed by atoms with Crippen LogP contribution in [0.4, 0.5) is 0 Å². The van der Waals surface area contributed by atoms with Crippen molar-refractivity contribution in [2.45, 2.75) is 6.92 Å². The summed E-state index contributed by atoms with van der Waals surface area (Å²) < 4.78 is 1.47. The molecule has 2 aromatic carbocycles. The second-order valence-corrected chi connectivity index (χ2v) is 4.79. The number of hydrogen-bond acceptors (Lipinski definition) is 3. The average Bonchev–Trinajstić information content (AvgIpc) is 2.90. The number of fused-ring (bicyclic) bond motifs is 1. The van der Waals surface area contributed by atoms with Gasteiger partial charge in [-0.15, -0.1) is 5.10 Å². The normalized spacial score (nSPS) is 11.8. The Balaban J connectivity index is 2.14. The van der Waals surface area contributed by atoms with E-state index in [1.165, 1.54) is 4.68 Å². The molecule has 0 saturated heterocycles. The largest absolute Gasteiger partial charge is 0.364 e. The van der Waals surface area contributed by atoms with Crippen molar-refractivity contribution in [2.24, 2.45) is 5.73 Å². The fourth-order valence-corrected chi connectivity index (χ4v) is 2.10. The van der Waals surface area contributed by atoms with Crippen molar-refractivity contribution in [1.82, 2.24) is 15.0 Å². The van der Waals surface area contributed by atoms with Crippen molar-refractivity contribution in [3.63, 3.8) is 0 Å². The van der Waals surface area contributed by atoms with E-state index in [2.05, 4.69) is 10.3 Å². The Kier molecular flexibility index (Phi) is 3.23. The van der Waals surface area contributed by atoms with E-state index in [0.29, 0.717) is 5.52 Å². The van der Waals surface area contributed by atoms with Gasteiger partial charge in [-0.2, -0.15) is 0 Å². The standard InChI is InChI=1S/C16H14N4O/c1-11-6-8-12(9-7-11)10-15(16(17)21)20-14-5-3-2-4-13(14)18-19-20/h2-10H,1H3,(H2,17,21)/b15-10+. The highest BCUT2D eigenvalue weighted by Gasteiger charge is 2.13. The number of carbonyl (C=O) groups excluding carboxylic acids is 1. The van der Waals surface area contributed by atoms with E-state index < -0.39 is 5.91 Å². The number of carbonyl (C=O) groups is 1. The topological polar surface area (TPSA) is 73.8 Å². The van der Waals surface area contributed by atoms with Crippen LogP contribution in [0.15, 0.2) is 48.5 Å². The predicted molar refractivity (Wildman–Crippen MR) is 82.1 cm³/mol. The molecule has 0 atom stereocenters. The average molecular weight is 278 g/mol. The van der Waals surface area contributed by atoms with Crippen molar-refractivity contribution in [3.8, 4) is 0 Å². The lowest BCUT2D eigenvalue weighted by molar-refractivity contribution is -0.113. The third kappa shape index (κ3) is 2.53. The lowest BCUT2D eigenvalue weighted by atomic mass is 10.1. The van der Waals surface area contributed by atoms with Gasteiger partial charge in [0.05, 0.1) is 5.52 Å². The van der Waals surface area contributed by atoms with Gasteiger partial charge in [0.1, 0.15) is 11.2 Å². The minimum atomic E-state index is -0.550. The molecule has 1 heterocycles. The second-order valence-electron chi connectivity index (χ2n) is 4.79. The van der Waals surface area contributed by atoms with Crippen LogP contribution < -0.4 is 5.73 Å². The van der Waals surface area contributed by atoms with E-state index in [0.717, 1.165) is 16.6 Å². The molecule has 1 amide bonds. The van der Waals surface area contributed by atoms with Gasteiger partial charge >= 0.3 is 0 Å². The second kappa shape index (κ2) is 5.20. The molecule has 0 saturated carbocycles. The molecular weight excluding hydrogens is 264 g/mol. The third-order valence-corrected chi connectivity index (χ3v) is 3.21. The van der Waals surface area contributed by atoms with Crippen LogP contribution in [-0.4, -0.2) is 20.9 Å². The Morgan fingerprint density at radius 3 is 2.57 bits per heavy atom. The highest BCUT2D eigenvalue weighted by Crippen LogP contribution is 2.17. The number of primary amides is 1. The Morgan fingerprint density at radius 1 is 1.14 bits per heavy atom.